The molecule has 0 aliphatic carbocycles. The molecular weight excluding hydrogens is 363 g/mol. The van der Waals surface area contributed by atoms with E-state index in [1.165, 1.54) is 6.21 Å². The van der Waals surface area contributed by atoms with Crippen molar-refractivity contribution >= 4 is 18.1 Å². The van der Waals surface area contributed by atoms with Crippen LogP contribution in [0.3, 0.4) is 0 Å². The number of piperidine rings is 1. The molecule has 1 amide bonds. The molecule has 4 rings (SSSR count). The second kappa shape index (κ2) is 7.01. The molecule has 2 aliphatic rings. The summed E-state index contributed by atoms with van der Waals surface area (Å²) >= 11 is 0. The lowest BCUT2D eigenvalue weighted by molar-refractivity contribution is -0.140. The van der Waals surface area contributed by atoms with E-state index in [0.717, 1.165) is 29.6 Å². The van der Waals surface area contributed by atoms with Gasteiger partial charge >= 0.3 is 6.01 Å². The summed E-state index contributed by atoms with van der Waals surface area (Å²) in [5.74, 6) is -2.88. The standard InChI is InChI=1S/C17H16F3N5O2/c18-11-5-10(6-12(19)7-11)15-1-3-22-25(15)16(26)13-2-4-24(8-14(13)20)17-23-21-9-27-17/h3,5-7,9,13-15H,1-2,4,8H2/t13-,14+,15+/m0/s1. The molecule has 0 radical (unpaired) electrons. The lowest BCUT2D eigenvalue weighted by atomic mass is 9.93. The number of benzene rings is 1. The molecular formula is C17H16F3N5O2. The topological polar surface area (TPSA) is 74.8 Å². The van der Waals surface area contributed by atoms with Gasteiger partial charge in [0.2, 0.25) is 12.3 Å². The number of anilines is 1. The van der Waals surface area contributed by atoms with Gasteiger partial charge < -0.3 is 9.32 Å². The fourth-order valence-electron chi connectivity index (χ4n) is 3.50. The predicted octanol–water partition coefficient (Wildman–Crippen LogP) is 2.47. The number of hydrazone groups is 1. The first-order chi connectivity index (χ1) is 13.0. The summed E-state index contributed by atoms with van der Waals surface area (Å²) < 4.78 is 46.8. The Morgan fingerprint density at radius 1 is 1.22 bits per heavy atom. The number of amides is 1. The third-order valence-electron chi connectivity index (χ3n) is 4.80. The van der Waals surface area contributed by atoms with Crippen molar-refractivity contribution in [1.82, 2.24) is 15.2 Å². The number of halogens is 3. The van der Waals surface area contributed by atoms with Gasteiger partial charge in [0, 0.05) is 25.2 Å². The smallest absolute Gasteiger partial charge is 0.318 e. The van der Waals surface area contributed by atoms with Crippen LogP contribution in [0.2, 0.25) is 0 Å². The second-order valence-electron chi connectivity index (χ2n) is 6.51. The van der Waals surface area contributed by atoms with E-state index >= 15 is 0 Å². The maximum Gasteiger partial charge on any atom is 0.318 e. The molecule has 3 heterocycles. The predicted molar refractivity (Wildman–Crippen MR) is 88.6 cm³/mol. The van der Waals surface area contributed by atoms with E-state index in [-0.39, 0.29) is 24.5 Å². The lowest BCUT2D eigenvalue weighted by Crippen LogP contribution is -2.48. The third-order valence-corrected chi connectivity index (χ3v) is 4.80. The highest BCUT2D eigenvalue weighted by Gasteiger charge is 2.41. The Bertz CT molecular complexity index is 840. The number of hydrogen-bond acceptors (Lipinski definition) is 6. The molecule has 0 spiro atoms. The molecule has 0 N–H and O–H groups in total. The quantitative estimate of drug-likeness (QED) is 0.819. The monoisotopic (exact) mass is 379 g/mol. The van der Waals surface area contributed by atoms with Crippen molar-refractivity contribution in [3.05, 3.63) is 41.8 Å². The average molecular weight is 379 g/mol. The van der Waals surface area contributed by atoms with Crippen LogP contribution in [0.1, 0.15) is 24.4 Å². The zero-order valence-corrected chi connectivity index (χ0v) is 14.1. The molecule has 0 unspecified atom stereocenters. The molecule has 1 saturated heterocycles. The molecule has 142 valence electrons. The van der Waals surface area contributed by atoms with Crippen molar-refractivity contribution in [2.75, 3.05) is 18.0 Å². The summed E-state index contributed by atoms with van der Waals surface area (Å²) in [6, 6.07) is 2.64. The molecule has 0 saturated carbocycles. The highest BCUT2D eigenvalue weighted by Crippen LogP contribution is 2.33. The van der Waals surface area contributed by atoms with Crippen molar-refractivity contribution in [1.29, 1.82) is 0 Å². The fourth-order valence-corrected chi connectivity index (χ4v) is 3.50. The minimum Gasteiger partial charge on any atom is -0.411 e. The Morgan fingerprint density at radius 2 is 2.00 bits per heavy atom. The van der Waals surface area contributed by atoms with Crippen LogP contribution in [0.5, 0.6) is 0 Å². The third kappa shape index (κ3) is 3.38. The average Bonchev–Trinajstić information content (AvgIpc) is 3.32. The van der Waals surface area contributed by atoms with E-state index in [1.54, 1.807) is 4.90 Å². The van der Waals surface area contributed by atoms with E-state index in [4.69, 9.17) is 4.42 Å². The molecule has 2 aliphatic heterocycles. The summed E-state index contributed by atoms with van der Waals surface area (Å²) in [6.07, 6.45) is 1.73. The largest absolute Gasteiger partial charge is 0.411 e. The lowest BCUT2D eigenvalue weighted by Gasteiger charge is -2.35. The number of rotatable bonds is 3. The fraction of sp³-hybridized carbons (Fsp3) is 0.412. The second-order valence-corrected chi connectivity index (χ2v) is 6.51. The minimum atomic E-state index is -1.46. The van der Waals surface area contributed by atoms with Gasteiger partial charge in [0.15, 0.2) is 0 Å². The highest BCUT2D eigenvalue weighted by atomic mass is 19.1. The van der Waals surface area contributed by atoms with Gasteiger partial charge in [-0.25, -0.2) is 18.2 Å². The molecule has 7 nitrogen and oxygen atoms in total. The zero-order valence-electron chi connectivity index (χ0n) is 14.1. The van der Waals surface area contributed by atoms with Crippen LogP contribution >= 0.6 is 0 Å². The Balaban J connectivity index is 1.49. The van der Waals surface area contributed by atoms with Crippen LogP contribution in [0.4, 0.5) is 19.2 Å². The van der Waals surface area contributed by atoms with E-state index < -0.39 is 35.7 Å². The van der Waals surface area contributed by atoms with E-state index in [2.05, 4.69) is 15.3 Å². The van der Waals surface area contributed by atoms with Crippen LogP contribution in [0.15, 0.2) is 34.1 Å². The normalized spacial score (nSPS) is 25.2. The SMILES string of the molecule is O=C([C@H]1CCN(c2nnco2)C[C@H]1F)N1N=CC[C@@H]1c1cc(F)cc(F)c1. The van der Waals surface area contributed by atoms with E-state index in [0.29, 0.717) is 13.0 Å². The highest BCUT2D eigenvalue weighted by molar-refractivity contribution is 5.82. The van der Waals surface area contributed by atoms with E-state index in [9.17, 15) is 18.0 Å². The zero-order chi connectivity index (χ0) is 19.0. The molecule has 1 fully saturated rings. The van der Waals surface area contributed by atoms with Crippen LogP contribution in [0.25, 0.3) is 0 Å². The van der Waals surface area contributed by atoms with Gasteiger partial charge in [-0.15, -0.1) is 5.10 Å². The Morgan fingerprint density at radius 3 is 2.67 bits per heavy atom. The van der Waals surface area contributed by atoms with Crippen molar-refractivity contribution in [3.63, 3.8) is 0 Å². The number of aromatic nitrogens is 2. The van der Waals surface area contributed by atoms with Gasteiger partial charge in [-0.3, -0.25) is 4.79 Å². The van der Waals surface area contributed by atoms with Crippen LogP contribution in [0, 0.1) is 17.6 Å². The first kappa shape index (κ1) is 17.5. The van der Waals surface area contributed by atoms with Crippen molar-refractivity contribution in [3.8, 4) is 0 Å². The summed E-state index contributed by atoms with van der Waals surface area (Å²) in [7, 11) is 0. The molecule has 0 bridgehead atoms. The number of carbonyl (C=O) groups excluding carboxylic acids is 1. The van der Waals surface area contributed by atoms with Crippen molar-refractivity contribution < 1.29 is 22.4 Å². The van der Waals surface area contributed by atoms with Gasteiger partial charge in [-0.05, 0) is 24.1 Å². The number of nitrogens with zero attached hydrogens (tertiary/aromatic N) is 5. The summed E-state index contributed by atoms with van der Waals surface area (Å²) in [5.41, 5.74) is 0.289. The summed E-state index contributed by atoms with van der Waals surface area (Å²) in [5, 5.41) is 12.5. The van der Waals surface area contributed by atoms with Gasteiger partial charge in [0.25, 0.3) is 0 Å². The number of carbonyl (C=O) groups is 1. The van der Waals surface area contributed by atoms with E-state index in [1.807, 2.05) is 0 Å². The summed E-state index contributed by atoms with van der Waals surface area (Å²) in [6.45, 7) is 0.311. The molecule has 3 atom stereocenters. The first-order valence-electron chi connectivity index (χ1n) is 8.49. The van der Waals surface area contributed by atoms with Gasteiger partial charge in [0.1, 0.15) is 17.8 Å². The molecule has 10 heteroatoms. The molecule has 2 aromatic rings. The van der Waals surface area contributed by atoms with Crippen LogP contribution in [-0.4, -0.2) is 46.6 Å². The van der Waals surface area contributed by atoms with Gasteiger partial charge in [0.05, 0.1) is 18.5 Å². The Hall–Kier alpha value is -2.91. The molecule has 1 aromatic carbocycles. The molecule has 1 aromatic heterocycles. The number of hydrogen-bond donors (Lipinski definition) is 0. The molecule has 27 heavy (non-hydrogen) atoms. The van der Waals surface area contributed by atoms with Crippen LogP contribution in [-0.2, 0) is 4.79 Å². The minimum absolute atomic E-state index is 0.0601. The Labute approximate surface area is 152 Å². The maximum absolute atomic E-state index is 14.7. The van der Waals surface area contributed by atoms with Crippen LogP contribution < -0.4 is 4.90 Å². The van der Waals surface area contributed by atoms with Gasteiger partial charge in [-0.2, -0.15) is 5.10 Å². The Kier molecular flexibility index (Phi) is 4.54. The van der Waals surface area contributed by atoms with Crippen molar-refractivity contribution in [2.45, 2.75) is 25.1 Å². The van der Waals surface area contributed by atoms with Crippen molar-refractivity contribution in [2.24, 2.45) is 11.0 Å². The first-order valence-corrected chi connectivity index (χ1v) is 8.49. The summed E-state index contributed by atoms with van der Waals surface area (Å²) in [4.78, 5) is 14.4. The maximum atomic E-state index is 14.7. The number of alkyl halides is 1. The van der Waals surface area contributed by atoms with Gasteiger partial charge in [-0.1, -0.05) is 5.10 Å².